The highest BCUT2D eigenvalue weighted by Gasteiger charge is 2.27. The molecule has 1 heterocycles. The third kappa shape index (κ3) is 4.49. The number of nitriles is 1. The molecule has 0 unspecified atom stereocenters. The zero-order valence-electron chi connectivity index (χ0n) is 18.2. The van der Waals surface area contributed by atoms with Gasteiger partial charge in [0.15, 0.2) is 0 Å². The maximum absolute atomic E-state index is 12.0. The van der Waals surface area contributed by atoms with Crippen molar-refractivity contribution in [1.29, 1.82) is 5.26 Å². The number of hydrogen-bond acceptors (Lipinski definition) is 7. The first kappa shape index (κ1) is 21.9. The van der Waals surface area contributed by atoms with Gasteiger partial charge in [-0.2, -0.15) is 5.26 Å². The molecule has 0 radical (unpaired) electrons. The monoisotopic (exact) mass is 448 g/mol. The highest BCUT2D eigenvalue weighted by Crippen LogP contribution is 2.40. The smallest absolute Gasteiger partial charge is 0.246 e. The summed E-state index contributed by atoms with van der Waals surface area (Å²) < 4.78 is 10.6. The molecule has 2 aromatic carbocycles. The number of ether oxygens (including phenoxy) is 2. The van der Waals surface area contributed by atoms with Gasteiger partial charge in [-0.3, -0.25) is 4.79 Å². The Morgan fingerprint density at radius 3 is 2.84 bits per heavy atom. The number of fused-ring (bicyclic) bond motifs is 1. The number of hydrogen-bond donors (Lipinski definition) is 1. The summed E-state index contributed by atoms with van der Waals surface area (Å²) >= 11 is 1.49. The molecule has 7 nitrogen and oxygen atoms in total. The number of nitrogens with zero attached hydrogens (tertiary/aromatic N) is 3. The van der Waals surface area contributed by atoms with Crippen LogP contribution < -0.4 is 10.1 Å². The van der Waals surface area contributed by atoms with Crippen molar-refractivity contribution in [1.82, 2.24) is 15.5 Å². The first-order valence-corrected chi connectivity index (χ1v) is 11.3. The fraction of sp³-hybridized carbons (Fsp3) is 0.333. The summed E-state index contributed by atoms with van der Waals surface area (Å²) in [5.74, 6) is 0.450. The average Bonchev–Trinajstić information content (AvgIpc) is 3.41. The lowest BCUT2D eigenvalue weighted by atomic mass is 10.0. The Morgan fingerprint density at radius 2 is 2.09 bits per heavy atom. The molecule has 1 atom stereocenters. The topological polar surface area (TPSA) is 97.1 Å². The number of nitrogens with one attached hydrogen (secondary N) is 1. The fourth-order valence-corrected chi connectivity index (χ4v) is 4.82. The molecule has 4 rings (SSSR count). The molecule has 0 saturated heterocycles. The number of carbonyl (C=O) groups is 1. The summed E-state index contributed by atoms with van der Waals surface area (Å²) in [6.45, 7) is 3.91. The molecule has 0 aliphatic heterocycles. The van der Waals surface area contributed by atoms with Crippen molar-refractivity contribution >= 4 is 17.2 Å². The Kier molecular flexibility index (Phi) is 6.49. The van der Waals surface area contributed by atoms with Gasteiger partial charge < -0.3 is 14.8 Å². The number of rotatable bonds is 7. The molecule has 1 aromatic heterocycles. The molecule has 1 N–H and O–H groups in total. The molecule has 1 aliphatic rings. The summed E-state index contributed by atoms with van der Waals surface area (Å²) in [6, 6.07) is 13.8. The van der Waals surface area contributed by atoms with Gasteiger partial charge in [0.25, 0.3) is 0 Å². The zero-order valence-corrected chi connectivity index (χ0v) is 19.0. The van der Waals surface area contributed by atoms with Crippen LogP contribution in [0.15, 0.2) is 36.4 Å². The SMILES string of the molecule is COCC(=O)N[C@H]1CCc2c(-c3nnc(-c4ccc(OC(C)C)c(C#N)c4)s3)cccc21. The summed E-state index contributed by atoms with van der Waals surface area (Å²) in [6.07, 6.45) is 1.69. The first-order valence-electron chi connectivity index (χ1n) is 10.4. The number of carbonyl (C=O) groups excluding carboxylic acids is 1. The second-order valence-electron chi connectivity index (χ2n) is 7.87. The van der Waals surface area contributed by atoms with E-state index in [1.54, 1.807) is 6.07 Å². The van der Waals surface area contributed by atoms with Crippen molar-refractivity contribution in [2.24, 2.45) is 0 Å². The van der Waals surface area contributed by atoms with Crippen LogP contribution in [0.4, 0.5) is 0 Å². The van der Waals surface area contributed by atoms with Gasteiger partial charge in [0.05, 0.1) is 17.7 Å². The average molecular weight is 449 g/mol. The number of benzene rings is 2. The van der Waals surface area contributed by atoms with E-state index in [0.717, 1.165) is 39.5 Å². The number of methoxy groups -OCH3 is 1. The molecule has 8 heteroatoms. The van der Waals surface area contributed by atoms with Gasteiger partial charge in [0.1, 0.15) is 28.4 Å². The quantitative estimate of drug-likeness (QED) is 0.579. The van der Waals surface area contributed by atoms with Crippen LogP contribution in [0.5, 0.6) is 5.75 Å². The van der Waals surface area contributed by atoms with Crippen LogP contribution in [-0.4, -0.2) is 35.9 Å². The zero-order chi connectivity index (χ0) is 22.7. The van der Waals surface area contributed by atoms with Crippen LogP contribution in [0.3, 0.4) is 0 Å². The van der Waals surface area contributed by atoms with Crippen LogP contribution in [0, 0.1) is 11.3 Å². The van der Waals surface area contributed by atoms with Crippen molar-refractivity contribution in [3.63, 3.8) is 0 Å². The van der Waals surface area contributed by atoms with Crippen molar-refractivity contribution < 1.29 is 14.3 Å². The van der Waals surface area contributed by atoms with E-state index in [4.69, 9.17) is 9.47 Å². The number of aromatic nitrogens is 2. The maximum atomic E-state index is 12.0. The molecular formula is C24H24N4O3S. The third-order valence-electron chi connectivity index (χ3n) is 5.25. The van der Waals surface area contributed by atoms with E-state index in [2.05, 4.69) is 27.6 Å². The first-order chi connectivity index (χ1) is 15.5. The van der Waals surface area contributed by atoms with E-state index in [1.807, 2.05) is 38.1 Å². The molecule has 0 saturated carbocycles. The second kappa shape index (κ2) is 9.47. The van der Waals surface area contributed by atoms with E-state index < -0.39 is 0 Å². The normalized spacial score (nSPS) is 14.8. The molecular weight excluding hydrogens is 424 g/mol. The van der Waals surface area contributed by atoms with Gasteiger partial charge in [-0.15, -0.1) is 10.2 Å². The predicted octanol–water partition coefficient (Wildman–Crippen LogP) is 4.28. The molecule has 1 amide bonds. The van der Waals surface area contributed by atoms with E-state index in [-0.39, 0.29) is 24.7 Å². The minimum atomic E-state index is -0.118. The van der Waals surface area contributed by atoms with Crippen molar-refractivity contribution in [2.45, 2.75) is 38.8 Å². The second-order valence-corrected chi connectivity index (χ2v) is 8.84. The molecule has 0 fully saturated rings. The van der Waals surface area contributed by atoms with Gasteiger partial charge in [0, 0.05) is 18.2 Å². The van der Waals surface area contributed by atoms with Crippen LogP contribution in [0.25, 0.3) is 21.1 Å². The highest BCUT2D eigenvalue weighted by atomic mass is 32.1. The summed E-state index contributed by atoms with van der Waals surface area (Å²) in [5, 5.41) is 22.9. The maximum Gasteiger partial charge on any atom is 0.246 e. The van der Waals surface area contributed by atoms with Crippen LogP contribution in [-0.2, 0) is 16.0 Å². The van der Waals surface area contributed by atoms with E-state index >= 15 is 0 Å². The molecule has 164 valence electrons. The number of amides is 1. The molecule has 32 heavy (non-hydrogen) atoms. The van der Waals surface area contributed by atoms with Gasteiger partial charge in [0.2, 0.25) is 5.91 Å². The van der Waals surface area contributed by atoms with Crippen molar-refractivity contribution in [3.8, 4) is 33.0 Å². The van der Waals surface area contributed by atoms with E-state index in [9.17, 15) is 10.1 Å². The Morgan fingerprint density at radius 1 is 1.28 bits per heavy atom. The molecule has 0 bridgehead atoms. The third-order valence-corrected chi connectivity index (χ3v) is 6.25. The van der Waals surface area contributed by atoms with Crippen LogP contribution in [0.1, 0.15) is 43.0 Å². The lowest BCUT2D eigenvalue weighted by Crippen LogP contribution is -2.30. The lowest BCUT2D eigenvalue weighted by Gasteiger charge is -2.14. The predicted molar refractivity (Wildman–Crippen MR) is 122 cm³/mol. The fourth-order valence-electron chi connectivity index (χ4n) is 3.93. The molecule has 1 aliphatic carbocycles. The van der Waals surface area contributed by atoms with Gasteiger partial charge in [-0.25, -0.2) is 0 Å². The van der Waals surface area contributed by atoms with Gasteiger partial charge >= 0.3 is 0 Å². The Balaban J connectivity index is 1.61. The summed E-state index contributed by atoms with van der Waals surface area (Å²) in [4.78, 5) is 12.0. The summed E-state index contributed by atoms with van der Waals surface area (Å²) in [5.41, 5.74) is 4.65. The standard InChI is InChI=1S/C24H24N4O3S/c1-14(2)31-21-10-7-15(11-16(21)12-25)23-27-28-24(32-23)19-6-4-5-18-17(19)8-9-20(18)26-22(29)13-30-3/h4-7,10-11,14,20H,8-9,13H2,1-3H3,(H,26,29)/t20-/m0/s1. The Hall–Kier alpha value is -3.28. The van der Waals surface area contributed by atoms with Crippen LogP contribution in [0.2, 0.25) is 0 Å². The highest BCUT2D eigenvalue weighted by molar-refractivity contribution is 7.17. The van der Waals surface area contributed by atoms with Crippen molar-refractivity contribution in [2.75, 3.05) is 13.7 Å². The van der Waals surface area contributed by atoms with E-state index in [1.165, 1.54) is 24.0 Å². The lowest BCUT2D eigenvalue weighted by molar-refractivity contribution is -0.125. The Labute approximate surface area is 191 Å². The van der Waals surface area contributed by atoms with Crippen LogP contribution >= 0.6 is 11.3 Å². The van der Waals surface area contributed by atoms with Gasteiger partial charge in [-0.05, 0) is 56.0 Å². The Bertz CT molecular complexity index is 1180. The van der Waals surface area contributed by atoms with Gasteiger partial charge in [-0.1, -0.05) is 29.5 Å². The minimum Gasteiger partial charge on any atom is -0.490 e. The largest absolute Gasteiger partial charge is 0.490 e. The molecule has 0 spiro atoms. The van der Waals surface area contributed by atoms with Crippen molar-refractivity contribution in [3.05, 3.63) is 53.1 Å². The molecule has 3 aromatic rings. The minimum absolute atomic E-state index is 0.00985. The van der Waals surface area contributed by atoms with E-state index in [0.29, 0.717) is 11.3 Å². The summed E-state index contributed by atoms with van der Waals surface area (Å²) in [7, 11) is 1.51.